The van der Waals surface area contributed by atoms with Crippen LogP contribution < -0.4 is 0 Å². The summed E-state index contributed by atoms with van der Waals surface area (Å²) in [6, 6.07) is 0. The highest BCUT2D eigenvalue weighted by Crippen LogP contribution is 2.47. The topological polar surface area (TPSA) is 61.8 Å². The van der Waals surface area contributed by atoms with Crippen LogP contribution in [-0.4, -0.2) is 25.5 Å². The Balaban J connectivity index is 4.15. The van der Waals surface area contributed by atoms with E-state index in [9.17, 15) is 9.36 Å². The normalized spacial score (nSPS) is 11.0. The average molecular weight is 222 g/mol. The highest BCUT2D eigenvalue weighted by Gasteiger charge is 2.25. The molecule has 5 nitrogen and oxygen atoms in total. The van der Waals surface area contributed by atoms with Crippen molar-refractivity contribution in [2.24, 2.45) is 0 Å². The number of carbonyl (C=O) groups is 1. The van der Waals surface area contributed by atoms with Crippen molar-refractivity contribution in [3.63, 3.8) is 0 Å². The number of hydrogen-bond donors (Lipinski definition) is 0. The van der Waals surface area contributed by atoms with E-state index >= 15 is 0 Å². The van der Waals surface area contributed by atoms with Crippen LogP contribution in [0.4, 0.5) is 0 Å². The maximum absolute atomic E-state index is 11.7. The molecule has 82 valence electrons. The molecule has 0 aliphatic heterocycles. The summed E-state index contributed by atoms with van der Waals surface area (Å²) >= 11 is 0. The van der Waals surface area contributed by atoms with Crippen LogP contribution in [0, 0.1) is 0 Å². The molecule has 0 aliphatic rings. The molecule has 0 aliphatic carbocycles. The molecule has 14 heavy (non-hydrogen) atoms. The molecule has 0 atom stereocenters. The number of rotatable bonds is 7. The van der Waals surface area contributed by atoms with E-state index in [1.807, 2.05) is 0 Å². The lowest BCUT2D eigenvalue weighted by Gasteiger charge is -2.15. The summed E-state index contributed by atoms with van der Waals surface area (Å²) < 4.78 is 26.0. The molecule has 0 N–H and O–H groups in total. The van der Waals surface area contributed by atoms with Crippen molar-refractivity contribution in [3.8, 4) is 0 Å². The van der Waals surface area contributed by atoms with Crippen LogP contribution in [0.15, 0.2) is 12.7 Å². The Bertz CT molecular complexity index is 228. The molecule has 6 heteroatoms. The maximum Gasteiger partial charge on any atom is 0.367 e. The monoisotopic (exact) mass is 222 g/mol. The van der Waals surface area contributed by atoms with Crippen molar-refractivity contribution in [2.45, 2.75) is 13.8 Å². The van der Waals surface area contributed by atoms with E-state index in [-0.39, 0.29) is 19.6 Å². The second kappa shape index (κ2) is 6.76. The van der Waals surface area contributed by atoms with Gasteiger partial charge < -0.3 is 13.8 Å². The Morgan fingerprint density at radius 1 is 1.36 bits per heavy atom. The molecular weight excluding hydrogens is 207 g/mol. The molecule has 0 rings (SSSR count). The van der Waals surface area contributed by atoms with Crippen molar-refractivity contribution >= 4 is 13.6 Å². The second-order valence-corrected chi connectivity index (χ2v) is 4.24. The minimum Gasteiger partial charge on any atom is -0.450 e. The van der Waals surface area contributed by atoms with Gasteiger partial charge >= 0.3 is 13.6 Å². The molecule has 0 spiro atoms. The third-order valence-corrected chi connectivity index (χ3v) is 2.93. The predicted octanol–water partition coefficient (Wildman–Crippen LogP) is 1.94. The quantitative estimate of drug-likeness (QED) is 0.374. The van der Waals surface area contributed by atoms with Gasteiger partial charge in [-0.25, -0.2) is 4.79 Å². The number of esters is 1. The fraction of sp³-hybridized carbons (Fsp3) is 0.625. The largest absolute Gasteiger partial charge is 0.450 e. The molecule has 0 amide bonds. The minimum absolute atomic E-state index is 0.239. The molecule has 0 aromatic heterocycles. The van der Waals surface area contributed by atoms with Gasteiger partial charge in [0.1, 0.15) is 0 Å². The van der Waals surface area contributed by atoms with Crippen LogP contribution in [0.1, 0.15) is 13.8 Å². The van der Waals surface area contributed by atoms with Gasteiger partial charge in [0.2, 0.25) is 0 Å². The van der Waals surface area contributed by atoms with Gasteiger partial charge in [-0.1, -0.05) is 6.58 Å². The van der Waals surface area contributed by atoms with E-state index < -0.39 is 13.6 Å². The predicted molar refractivity (Wildman–Crippen MR) is 52.0 cm³/mol. The van der Waals surface area contributed by atoms with E-state index in [0.717, 1.165) is 6.08 Å². The second-order valence-electron chi connectivity index (χ2n) is 2.24. The molecule has 0 saturated heterocycles. The van der Waals surface area contributed by atoms with E-state index in [2.05, 4.69) is 11.3 Å². The third-order valence-electron chi connectivity index (χ3n) is 1.18. The first kappa shape index (κ1) is 13.4. The average Bonchev–Trinajstić information content (AvgIpc) is 2.15. The molecule has 0 aromatic carbocycles. The van der Waals surface area contributed by atoms with Gasteiger partial charge in [-0.3, -0.25) is 4.57 Å². The molecule has 0 heterocycles. The Morgan fingerprint density at radius 3 is 2.21 bits per heavy atom. The summed E-state index contributed by atoms with van der Waals surface area (Å²) in [6.45, 7) is 7.05. The lowest BCUT2D eigenvalue weighted by atomic mass is 10.7. The Morgan fingerprint density at radius 2 is 1.86 bits per heavy atom. The standard InChI is InChI=1S/C8H15O5P/c1-4-8(9)11-7-14(10,12-5-2)13-6-3/h4H,1,5-7H2,2-3H3. The Kier molecular flexibility index (Phi) is 6.45. The van der Waals surface area contributed by atoms with Gasteiger partial charge in [0.05, 0.1) is 13.2 Å². The molecule has 0 bridgehead atoms. The van der Waals surface area contributed by atoms with Crippen molar-refractivity contribution < 1.29 is 23.1 Å². The lowest BCUT2D eigenvalue weighted by Crippen LogP contribution is -2.07. The highest BCUT2D eigenvalue weighted by molar-refractivity contribution is 7.53. The minimum atomic E-state index is -3.28. The Hall–Kier alpha value is -0.640. The van der Waals surface area contributed by atoms with Gasteiger partial charge in [-0.15, -0.1) is 0 Å². The first-order valence-corrected chi connectivity index (χ1v) is 5.98. The van der Waals surface area contributed by atoms with Crippen molar-refractivity contribution in [1.29, 1.82) is 0 Å². The van der Waals surface area contributed by atoms with Crippen LogP contribution in [0.25, 0.3) is 0 Å². The van der Waals surface area contributed by atoms with Crippen molar-refractivity contribution in [2.75, 3.05) is 19.6 Å². The maximum atomic E-state index is 11.7. The SMILES string of the molecule is C=CC(=O)OCP(=O)(OCC)OCC. The van der Waals surface area contributed by atoms with E-state index in [4.69, 9.17) is 9.05 Å². The lowest BCUT2D eigenvalue weighted by molar-refractivity contribution is -0.136. The van der Waals surface area contributed by atoms with Crippen LogP contribution in [0.3, 0.4) is 0 Å². The van der Waals surface area contributed by atoms with Gasteiger partial charge in [0.15, 0.2) is 6.35 Å². The van der Waals surface area contributed by atoms with Crippen LogP contribution in [0.5, 0.6) is 0 Å². The summed E-state index contributed by atoms with van der Waals surface area (Å²) in [4.78, 5) is 10.7. The van der Waals surface area contributed by atoms with Crippen LogP contribution >= 0.6 is 7.60 Å². The zero-order valence-corrected chi connectivity index (χ0v) is 9.29. The summed E-state index contributed by atoms with van der Waals surface area (Å²) in [7, 11) is -3.28. The highest BCUT2D eigenvalue weighted by atomic mass is 31.2. The van der Waals surface area contributed by atoms with E-state index in [0.29, 0.717) is 0 Å². The van der Waals surface area contributed by atoms with Crippen LogP contribution in [-0.2, 0) is 23.1 Å². The zero-order chi connectivity index (χ0) is 11.0. The van der Waals surface area contributed by atoms with Crippen molar-refractivity contribution in [3.05, 3.63) is 12.7 Å². The number of carbonyl (C=O) groups excluding carboxylic acids is 1. The molecule has 0 fully saturated rings. The van der Waals surface area contributed by atoms with Gasteiger partial charge in [0.25, 0.3) is 0 Å². The smallest absolute Gasteiger partial charge is 0.367 e. The number of ether oxygens (including phenoxy) is 1. The van der Waals surface area contributed by atoms with E-state index in [1.165, 1.54) is 0 Å². The molecular formula is C8H15O5P. The summed E-state index contributed by atoms with van der Waals surface area (Å²) in [6.07, 6.45) is 0.613. The van der Waals surface area contributed by atoms with Gasteiger partial charge in [-0.05, 0) is 13.8 Å². The molecule has 0 unspecified atom stereocenters. The number of hydrogen-bond acceptors (Lipinski definition) is 5. The third kappa shape index (κ3) is 5.17. The summed E-state index contributed by atoms with van der Waals surface area (Å²) in [5.41, 5.74) is 0. The summed E-state index contributed by atoms with van der Waals surface area (Å²) in [5.74, 6) is -0.648. The van der Waals surface area contributed by atoms with Crippen LogP contribution in [0.2, 0.25) is 0 Å². The van der Waals surface area contributed by atoms with Crippen molar-refractivity contribution in [1.82, 2.24) is 0 Å². The fourth-order valence-corrected chi connectivity index (χ4v) is 2.00. The summed E-state index contributed by atoms with van der Waals surface area (Å²) in [5, 5.41) is 0. The zero-order valence-electron chi connectivity index (χ0n) is 8.39. The molecule has 0 radical (unpaired) electrons. The van der Waals surface area contributed by atoms with Gasteiger partial charge in [-0.2, -0.15) is 0 Å². The Labute approximate surface area is 83.6 Å². The fourth-order valence-electron chi connectivity index (χ4n) is 0.707. The molecule has 0 aromatic rings. The first-order valence-electron chi connectivity index (χ1n) is 4.25. The first-order chi connectivity index (χ1) is 6.58. The van der Waals surface area contributed by atoms with E-state index in [1.54, 1.807) is 13.8 Å². The van der Waals surface area contributed by atoms with Gasteiger partial charge in [0, 0.05) is 6.08 Å². The molecule has 0 saturated carbocycles.